The first-order valence-electron chi connectivity index (χ1n) is 6.25. The van der Waals surface area contributed by atoms with Crippen LogP contribution in [0.4, 0.5) is 0 Å². The molecule has 1 aliphatic carbocycles. The van der Waals surface area contributed by atoms with Crippen molar-refractivity contribution >= 4 is 0 Å². The molecule has 1 aromatic rings. The lowest BCUT2D eigenvalue weighted by Gasteiger charge is -2.16. The Hall–Kier alpha value is -0.860. The minimum Gasteiger partial charge on any atom is -0.392 e. The minimum absolute atomic E-state index is 0.132. The van der Waals surface area contributed by atoms with Crippen LogP contribution in [0.2, 0.25) is 0 Å². The Morgan fingerprint density at radius 3 is 2.38 bits per heavy atom. The molecule has 0 amide bonds. The summed E-state index contributed by atoms with van der Waals surface area (Å²) in [7, 11) is 0. The normalized spacial score (nSPS) is 17.4. The van der Waals surface area contributed by atoms with Gasteiger partial charge < -0.3 is 10.4 Å². The Morgan fingerprint density at radius 2 is 1.88 bits per heavy atom. The monoisotopic (exact) mass is 219 g/mol. The topological polar surface area (TPSA) is 32.3 Å². The van der Waals surface area contributed by atoms with Gasteiger partial charge in [0.15, 0.2) is 0 Å². The van der Waals surface area contributed by atoms with E-state index in [9.17, 15) is 0 Å². The molecule has 0 spiro atoms. The molecule has 0 saturated heterocycles. The zero-order chi connectivity index (χ0) is 11.4. The van der Waals surface area contributed by atoms with Crippen molar-refractivity contribution in [1.82, 2.24) is 5.32 Å². The van der Waals surface area contributed by atoms with Gasteiger partial charge in [0.25, 0.3) is 0 Å². The number of hydrogen-bond acceptors (Lipinski definition) is 2. The molecule has 0 radical (unpaired) electrons. The predicted octanol–water partition coefficient (Wildman–Crippen LogP) is 2.46. The number of aliphatic hydroxyl groups excluding tert-OH is 1. The average molecular weight is 219 g/mol. The van der Waals surface area contributed by atoms with Gasteiger partial charge in [-0.05, 0) is 36.3 Å². The Balaban J connectivity index is 1.83. The summed E-state index contributed by atoms with van der Waals surface area (Å²) in [4.78, 5) is 0. The molecule has 0 bridgehead atoms. The van der Waals surface area contributed by atoms with E-state index in [1.54, 1.807) is 0 Å². The number of benzene rings is 1. The molecule has 1 saturated carbocycles. The fraction of sp³-hybridized carbons (Fsp3) is 0.571. The highest BCUT2D eigenvalue weighted by Gasteiger charge is 2.29. The van der Waals surface area contributed by atoms with Crippen LogP contribution in [0.3, 0.4) is 0 Å². The molecule has 1 atom stereocenters. The third-order valence-electron chi connectivity index (χ3n) is 3.40. The molecule has 2 rings (SSSR count). The maximum atomic E-state index is 8.95. The van der Waals surface area contributed by atoms with Crippen molar-refractivity contribution in [3.63, 3.8) is 0 Å². The predicted molar refractivity (Wildman–Crippen MR) is 66.0 cm³/mol. The molecule has 1 aromatic carbocycles. The van der Waals surface area contributed by atoms with Gasteiger partial charge >= 0.3 is 0 Å². The number of nitrogens with one attached hydrogen (secondary N) is 1. The van der Waals surface area contributed by atoms with Crippen LogP contribution in [0.15, 0.2) is 24.3 Å². The molecule has 1 unspecified atom stereocenters. The number of aliphatic hydroxyl groups is 1. The van der Waals surface area contributed by atoms with E-state index in [4.69, 9.17) is 5.11 Å². The SMILES string of the molecule is CCC(NCc1ccc(CO)cc1)C1CC1. The smallest absolute Gasteiger partial charge is 0.0681 e. The molecule has 2 N–H and O–H groups in total. The summed E-state index contributed by atoms with van der Waals surface area (Å²) in [6.07, 6.45) is 4.02. The van der Waals surface area contributed by atoms with Gasteiger partial charge in [0.1, 0.15) is 0 Å². The fourth-order valence-electron chi connectivity index (χ4n) is 2.15. The highest BCUT2D eigenvalue weighted by atomic mass is 16.3. The fourth-order valence-corrected chi connectivity index (χ4v) is 2.15. The molecule has 0 heterocycles. The second-order valence-corrected chi connectivity index (χ2v) is 4.71. The summed E-state index contributed by atoms with van der Waals surface area (Å²) in [6.45, 7) is 3.33. The molecule has 2 heteroatoms. The summed E-state index contributed by atoms with van der Waals surface area (Å²) in [5.74, 6) is 0.918. The second-order valence-electron chi connectivity index (χ2n) is 4.71. The standard InChI is InChI=1S/C14H21NO/c1-2-14(13-7-8-13)15-9-11-3-5-12(10-16)6-4-11/h3-6,13-16H,2,7-10H2,1H3. The highest BCUT2D eigenvalue weighted by molar-refractivity contribution is 5.21. The van der Waals surface area contributed by atoms with E-state index in [1.165, 1.54) is 24.8 Å². The Morgan fingerprint density at radius 1 is 1.25 bits per heavy atom. The van der Waals surface area contributed by atoms with Crippen molar-refractivity contribution in [2.75, 3.05) is 0 Å². The van der Waals surface area contributed by atoms with E-state index < -0.39 is 0 Å². The first-order chi connectivity index (χ1) is 7.83. The first kappa shape index (κ1) is 11.6. The first-order valence-corrected chi connectivity index (χ1v) is 6.25. The quantitative estimate of drug-likeness (QED) is 0.770. The van der Waals surface area contributed by atoms with Gasteiger partial charge in [0.05, 0.1) is 6.61 Å². The van der Waals surface area contributed by atoms with E-state index in [-0.39, 0.29) is 6.61 Å². The van der Waals surface area contributed by atoms with E-state index >= 15 is 0 Å². The van der Waals surface area contributed by atoms with E-state index in [1.807, 2.05) is 12.1 Å². The Kier molecular flexibility index (Phi) is 3.97. The summed E-state index contributed by atoms with van der Waals surface area (Å²) < 4.78 is 0. The molecular formula is C14H21NO. The largest absolute Gasteiger partial charge is 0.392 e. The van der Waals surface area contributed by atoms with Gasteiger partial charge in [-0.3, -0.25) is 0 Å². The number of rotatable bonds is 6. The van der Waals surface area contributed by atoms with E-state index in [0.717, 1.165) is 18.0 Å². The molecule has 88 valence electrons. The van der Waals surface area contributed by atoms with Gasteiger partial charge in [-0.15, -0.1) is 0 Å². The molecule has 1 aliphatic rings. The summed E-state index contributed by atoms with van der Waals surface area (Å²) in [5, 5.41) is 12.6. The summed E-state index contributed by atoms with van der Waals surface area (Å²) in [5.41, 5.74) is 2.29. The lowest BCUT2D eigenvalue weighted by molar-refractivity contribution is 0.282. The van der Waals surface area contributed by atoms with Crippen LogP contribution in [0, 0.1) is 5.92 Å². The van der Waals surface area contributed by atoms with Gasteiger partial charge in [-0.25, -0.2) is 0 Å². The van der Waals surface area contributed by atoms with E-state index in [2.05, 4.69) is 24.4 Å². The van der Waals surface area contributed by atoms with Crippen LogP contribution >= 0.6 is 0 Å². The van der Waals surface area contributed by atoms with Gasteiger partial charge in [-0.1, -0.05) is 31.2 Å². The molecule has 1 fully saturated rings. The van der Waals surface area contributed by atoms with Crippen molar-refractivity contribution in [3.8, 4) is 0 Å². The molecule has 0 aromatic heterocycles. The molecule has 16 heavy (non-hydrogen) atoms. The zero-order valence-corrected chi connectivity index (χ0v) is 9.95. The van der Waals surface area contributed by atoms with Crippen molar-refractivity contribution in [3.05, 3.63) is 35.4 Å². The van der Waals surface area contributed by atoms with Gasteiger partial charge in [0.2, 0.25) is 0 Å². The molecular weight excluding hydrogens is 198 g/mol. The van der Waals surface area contributed by atoms with Crippen LogP contribution in [-0.4, -0.2) is 11.1 Å². The van der Waals surface area contributed by atoms with Gasteiger partial charge in [0, 0.05) is 12.6 Å². The van der Waals surface area contributed by atoms with Crippen LogP contribution < -0.4 is 5.32 Å². The maximum absolute atomic E-state index is 8.95. The molecule has 2 nitrogen and oxygen atoms in total. The summed E-state index contributed by atoms with van der Waals surface area (Å²) in [6, 6.07) is 8.87. The number of hydrogen-bond donors (Lipinski definition) is 2. The molecule has 0 aliphatic heterocycles. The Bertz CT molecular complexity index is 316. The lowest BCUT2D eigenvalue weighted by atomic mass is 10.1. The lowest BCUT2D eigenvalue weighted by Crippen LogP contribution is -2.29. The van der Waals surface area contributed by atoms with Crippen LogP contribution in [0.5, 0.6) is 0 Å². The van der Waals surface area contributed by atoms with Crippen molar-refractivity contribution in [2.24, 2.45) is 5.92 Å². The third-order valence-corrected chi connectivity index (χ3v) is 3.40. The average Bonchev–Trinajstić information content (AvgIpc) is 3.15. The van der Waals surface area contributed by atoms with Crippen LogP contribution in [-0.2, 0) is 13.2 Å². The Labute approximate surface area is 97.7 Å². The van der Waals surface area contributed by atoms with E-state index in [0.29, 0.717) is 6.04 Å². The minimum atomic E-state index is 0.132. The summed E-state index contributed by atoms with van der Waals surface area (Å²) >= 11 is 0. The van der Waals surface area contributed by atoms with Crippen LogP contribution in [0.25, 0.3) is 0 Å². The zero-order valence-electron chi connectivity index (χ0n) is 9.95. The van der Waals surface area contributed by atoms with Gasteiger partial charge in [-0.2, -0.15) is 0 Å². The maximum Gasteiger partial charge on any atom is 0.0681 e. The van der Waals surface area contributed by atoms with Crippen LogP contribution in [0.1, 0.15) is 37.3 Å². The highest BCUT2D eigenvalue weighted by Crippen LogP contribution is 2.33. The van der Waals surface area contributed by atoms with Crippen molar-refractivity contribution in [2.45, 2.75) is 45.4 Å². The van der Waals surface area contributed by atoms with Crippen molar-refractivity contribution < 1.29 is 5.11 Å². The second kappa shape index (κ2) is 5.46. The third kappa shape index (κ3) is 3.06. The van der Waals surface area contributed by atoms with Crippen molar-refractivity contribution in [1.29, 1.82) is 0 Å².